The minimum Gasteiger partial charge on any atom is -0.476 e. The van der Waals surface area contributed by atoms with Crippen LogP contribution in [0.25, 0.3) is 11.0 Å². The number of piperidine rings is 2. The highest BCUT2D eigenvalue weighted by Gasteiger charge is 2.45. The standard InChI is InChI=1S/C30H40N4O4/c1-18(2)38-32-28(30(36)37)27-29(35)34(26-12-4-3-11-25(26)31-27)24-16-21-9-6-10-22(17-24)33(21)23-14-19-7-5-8-20(13-19)15-23/h3-4,11-12,18-24H,5-10,13-17H2,1-2H3,(H,36,37)/b32-28-/t19-,20+,21-,22+,23?,24+. The Hall–Kier alpha value is -2.74. The van der Waals surface area contributed by atoms with Gasteiger partial charge >= 0.3 is 5.97 Å². The summed E-state index contributed by atoms with van der Waals surface area (Å²) in [6.07, 6.45) is 13.4. The Labute approximate surface area is 224 Å². The van der Waals surface area contributed by atoms with Gasteiger partial charge in [-0.05, 0) is 82.8 Å². The molecule has 1 N–H and O–H groups in total. The first-order chi connectivity index (χ1) is 18.4. The Morgan fingerprint density at radius 2 is 1.61 bits per heavy atom. The van der Waals surface area contributed by atoms with Crippen molar-refractivity contribution >= 4 is 22.7 Å². The molecule has 204 valence electrons. The smallest absolute Gasteiger partial charge is 0.360 e. The number of carboxylic acids is 1. The largest absolute Gasteiger partial charge is 0.476 e. The number of carbonyl (C=O) groups is 1. The van der Waals surface area contributed by atoms with E-state index in [1.165, 1.54) is 57.8 Å². The molecular weight excluding hydrogens is 480 g/mol. The molecule has 1 aromatic carbocycles. The minimum atomic E-state index is -1.31. The quantitative estimate of drug-likeness (QED) is 0.419. The van der Waals surface area contributed by atoms with Crippen molar-refractivity contribution in [1.82, 2.24) is 14.5 Å². The molecule has 2 aromatic rings. The molecule has 4 fully saturated rings. The number of aromatic nitrogens is 2. The first kappa shape index (κ1) is 25.5. The van der Waals surface area contributed by atoms with Gasteiger partial charge in [0, 0.05) is 24.2 Å². The average Bonchev–Trinajstić information content (AvgIpc) is 2.87. The van der Waals surface area contributed by atoms with E-state index in [1.54, 1.807) is 13.8 Å². The summed E-state index contributed by atoms with van der Waals surface area (Å²) in [5.74, 6) is 0.468. The van der Waals surface area contributed by atoms with Gasteiger partial charge in [0.15, 0.2) is 5.69 Å². The fourth-order valence-electron chi connectivity index (χ4n) is 8.15. The lowest BCUT2D eigenvalue weighted by molar-refractivity contribution is -0.129. The fraction of sp³-hybridized carbons (Fsp3) is 0.667. The molecule has 0 amide bonds. The zero-order valence-electron chi connectivity index (χ0n) is 22.6. The highest BCUT2D eigenvalue weighted by molar-refractivity contribution is 6.41. The molecule has 4 bridgehead atoms. The second-order valence-corrected chi connectivity index (χ2v) is 12.4. The molecular formula is C30H40N4O4. The van der Waals surface area contributed by atoms with E-state index in [0.717, 1.165) is 30.2 Å². The molecule has 3 heterocycles. The highest BCUT2D eigenvalue weighted by Crippen LogP contribution is 2.47. The molecule has 2 saturated carbocycles. The summed E-state index contributed by atoms with van der Waals surface area (Å²) in [6, 6.07) is 9.18. The maximum atomic E-state index is 14.0. The first-order valence-corrected chi connectivity index (χ1v) is 14.6. The molecule has 0 spiro atoms. The van der Waals surface area contributed by atoms with Crippen molar-refractivity contribution in [3.8, 4) is 0 Å². The molecule has 1 aromatic heterocycles. The van der Waals surface area contributed by atoms with Crippen LogP contribution in [0, 0.1) is 11.8 Å². The SMILES string of the molecule is CC(C)O/N=C(\C(=O)O)c1nc2ccccc2n([C@H]2C[C@H]3CCC[C@@H](C2)N3C2C[C@H]3CCC[C@@H](C2)C3)c1=O. The number of aliphatic carboxylic acids is 1. The molecule has 4 aliphatic rings. The molecule has 2 aliphatic heterocycles. The molecule has 38 heavy (non-hydrogen) atoms. The Balaban J connectivity index is 1.37. The van der Waals surface area contributed by atoms with Gasteiger partial charge in [-0.3, -0.25) is 9.69 Å². The lowest BCUT2D eigenvalue weighted by Crippen LogP contribution is -2.58. The second-order valence-electron chi connectivity index (χ2n) is 12.4. The van der Waals surface area contributed by atoms with Crippen molar-refractivity contribution < 1.29 is 14.7 Å². The van der Waals surface area contributed by atoms with E-state index in [4.69, 9.17) is 4.84 Å². The maximum Gasteiger partial charge on any atom is 0.360 e. The van der Waals surface area contributed by atoms with E-state index < -0.39 is 11.7 Å². The lowest BCUT2D eigenvalue weighted by Gasteiger charge is -2.55. The van der Waals surface area contributed by atoms with Gasteiger partial charge in [-0.1, -0.05) is 43.0 Å². The summed E-state index contributed by atoms with van der Waals surface area (Å²) >= 11 is 0. The van der Waals surface area contributed by atoms with Crippen molar-refractivity contribution in [1.29, 1.82) is 0 Å². The first-order valence-electron chi connectivity index (χ1n) is 14.6. The maximum absolute atomic E-state index is 14.0. The van der Waals surface area contributed by atoms with E-state index >= 15 is 0 Å². The van der Waals surface area contributed by atoms with Crippen LogP contribution < -0.4 is 5.56 Å². The normalized spacial score (nSPS) is 31.9. The number of rotatable bonds is 6. The summed E-state index contributed by atoms with van der Waals surface area (Å²) in [5, 5.41) is 13.7. The number of oxime groups is 1. The van der Waals surface area contributed by atoms with Crippen molar-refractivity contribution in [2.45, 2.75) is 115 Å². The van der Waals surface area contributed by atoms with Crippen LogP contribution in [0.15, 0.2) is 34.2 Å². The van der Waals surface area contributed by atoms with Gasteiger partial charge in [-0.15, -0.1) is 0 Å². The van der Waals surface area contributed by atoms with Crippen LogP contribution >= 0.6 is 0 Å². The van der Waals surface area contributed by atoms with Crippen molar-refractivity contribution in [3.05, 3.63) is 40.3 Å². The predicted octanol–water partition coefficient (Wildman–Crippen LogP) is 5.14. The van der Waals surface area contributed by atoms with Crippen LogP contribution in [0.3, 0.4) is 0 Å². The predicted molar refractivity (Wildman–Crippen MR) is 146 cm³/mol. The van der Waals surface area contributed by atoms with Crippen LogP contribution in [0.1, 0.15) is 96.2 Å². The number of fused-ring (bicyclic) bond motifs is 5. The van der Waals surface area contributed by atoms with Crippen LogP contribution in [-0.4, -0.2) is 55.5 Å². The topological polar surface area (TPSA) is 97.0 Å². The van der Waals surface area contributed by atoms with E-state index in [1.807, 2.05) is 28.8 Å². The number of carboxylic acid groups (broad SMARTS) is 1. The third-order valence-electron chi connectivity index (χ3n) is 9.47. The van der Waals surface area contributed by atoms with Crippen molar-refractivity contribution in [2.75, 3.05) is 0 Å². The molecule has 8 nitrogen and oxygen atoms in total. The summed E-state index contributed by atoms with van der Waals surface area (Å²) in [5.41, 5.74) is 0.396. The monoisotopic (exact) mass is 520 g/mol. The van der Waals surface area contributed by atoms with E-state index in [-0.39, 0.29) is 23.4 Å². The zero-order valence-corrected chi connectivity index (χ0v) is 22.6. The third kappa shape index (κ3) is 4.76. The number of benzene rings is 1. The van der Waals surface area contributed by atoms with Gasteiger partial charge < -0.3 is 14.5 Å². The van der Waals surface area contributed by atoms with E-state index in [0.29, 0.717) is 23.6 Å². The molecule has 6 atom stereocenters. The minimum absolute atomic E-state index is 0.00449. The van der Waals surface area contributed by atoms with Gasteiger partial charge in [0.2, 0.25) is 5.71 Å². The summed E-state index contributed by atoms with van der Waals surface area (Å²) < 4.78 is 1.84. The molecule has 2 aliphatic carbocycles. The Kier molecular flexibility index (Phi) is 7.01. The number of nitrogens with zero attached hydrogens (tertiary/aromatic N) is 4. The van der Waals surface area contributed by atoms with E-state index in [2.05, 4.69) is 15.0 Å². The molecule has 8 heteroatoms. The van der Waals surface area contributed by atoms with Crippen LogP contribution in [0.5, 0.6) is 0 Å². The lowest BCUT2D eigenvalue weighted by atomic mass is 9.68. The Bertz CT molecular complexity index is 1260. The fourth-order valence-corrected chi connectivity index (χ4v) is 8.15. The average molecular weight is 521 g/mol. The molecule has 2 saturated heterocycles. The summed E-state index contributed by atoms with van der Waals surface area (Å²) in [4.78, 5) is 38.8. The van der Waals surface area contributed by atoms with Crippen molar-refractivity contribution in [2.24, 2.45) is 17.0 Å². The van der Waals surface area contributed by atoms with Crippen molar-refractivity contribution in [3.63, 3.8) is 0 Å². The third-order valence-corrected chi connectivity index (χ3v) is 9.47. The Morgan fingerprint density at radius 3 is 2.26 bits per heavy atom. The van der Waals surface area contributed by atoms with Crippen LogP contribution in [0.2, 0.25) is 0 Å². The second kappa shape index (κ2) is 10.4. The highest BCUT2D eigenvalue weighted by atomic mass is 16.6. The van der Waals surface area contributed by atoms with Gasteiger partial charge in [-0.2, -0.15) is 0 Å². The summed E-state index contributed by atoms with van der Waals surface area (Å²) in [6.45, 7) is 3.53. The number of hydrogen-bond acceptors (Lipinski definition) is 6. The van der Waals surface area contributed by atoms with E-state index in [9.17, 15) is 14.7 Å². The number of hydrogen-bond donors (Lipinski definition) is 1. The molecule has 6 rings (SSSR count). The Morgan fingerprint density at radius 1 is 0.947 bits per heavy atom. The van der Waals surface area contributed by atoms with Gasteiger partial charge in [0.05, 0.1) is 11.0 Å². The number of para-hydroxylation sites is 2. The van der Waals surface area contributed by atoms with Crippen LogP contribution in [0.4, 0.5) is 0 Å². The van der Waals surface area contributed by atoms with Gasteiger partial charge in [-0.25, -0.2) is 9.78 Å². The van der Waals surface area contributed by atoms with Crippen LogP contribution in [-0.2, 0) is 9.63 Å². The molecule has 0 radical (unpaired) electrons. The van der Waals surface area contributed by atoms with Gasteiger partial charge in [0.25, 0.3) is 5.56 Å². The summed E-state index contributed by atoms with van der Waals surface area (Å²) in [7, 11) is 0. The van der Waals surface area contributed by atoms with Gasteiger partial charge in [0.1, 0.15) is 6.10 Å². The molecule has 1 unspecified atom stereocenters. The zero-order chi connectivity index (χ0) is 26.4.